The topological polar surface area (TPSA) is 76.3 Å². The second-order valence-electron chi connectivity index (χ2n) is 5.61. The molecule has 0 atom stereocenters. The average molecular weight is 378 g/mol. The van der Waals surface area contributed by atoms with Crippen molar-refractivity contribution in [3.63, 3.8) is 0 Å². The van der Waals surface area contributed by atoms with E-state index in [1.165, 1.54) is 22.6 Å². The second-order valence-corrected chi connectivity index (χ2v) is 7.86. The lowest BCUT2D eigenvalue weighted by molar-refractivity contribution is 0.398. The number of aryl methyl sites for hydroxylation is 2. The zero-order valence-electron chi connectivity index (χ0n) is 13.7. The molecule has 0 aliphatic rings. The Morgan fingerprint density at radius 1 is 1.12 bits per heavy atom. The van der Waals surface area contributed by atoms with Crippen molar-refractivity contribution < 1.29 is 12.9 Å². The highest BCUT2D eigenvalue weighted by atomic mass is 35.5. The van der Waals surface area contributed by atoms with E-state index in [0.29, 0.717) is 5.76 Å². The standard InChI is InChI=1S/C17H16ClN3O3S/c1-12-3-5-14(6-4-12)11-21(17-9-13(2)24-20-17)25(22,23)15-7-8-16(18)19-10-15/h3-10H,11H2,1-2H3. The molecule has 0 amide bonds. The Morgan fingerprint density at radius 2 is 1.84 bits per heavy atom. The normalized spacial score (nSPS) is 11.5. The van der Waals surface area contributed by atoms with Gasteiger partial charge in [-0.1, -0.05) is 46.6 Å². The van der Waals surface area contributed by atoms with Crippen molar-refractivity contribution in [2.75, 3.05) is 4.31 Å². The summed E-state index contributed by atoms with van der Waals surface area (Å²) < 4.78 is 32.4. The minimum absolute atomic E-state index is 0.0321. The van der Waals surface area contributed by atoms with Crippen LogP contribution < -0.4 is 4.31 Å². The first-order chi connectivity index (χ1) is 11.9. The molecular formula is C17H16ClN3O3S. The van der Waals surface area contributed by atoms with Crippen molar-refractivity contribution in [3.05, 3.63) is 70.7 Å². The van der Waals surface area contributed by atoms with Crippen molar-refractivity contribution in [2.24, 2.45) is 0 Å². The van der Waals surface area contributed by atoms with Crippen LogP contribution >= 0.6 is 11.6 Å². The van der Waals surface area contributed by atoms with Gasteiger partial charge in [0.25, 0.3) is 10.0 Å². The van der Waals surface area contributed by atoms with Gasteiger partial charge in [-0.3, -0.25) is 0 Å². The Balaban J connectivity index is 2.04. The zero-order valence-corrected chi connectivity index (χ0v) is 15.3. The highest BCUT2D eigenvalue weighted by Crippen LogP contribution is 2.26. The van der Waals surface area contributed by atoms with E-state index in [1.807, 2.05) is 31.2 Å². The Hall–Kier alpha value is -2.38. The first-order valence-corrected chi connectivity index (χ1v) is 9.31. The molecule has 0 spiro atoms. The third-order valence-electron chi connectivity index (χ3n) is 3.61. The molecule has 3 rings (SSSR count). The van der Waals surface area contributed by atoms with Gasteiger partial charge in [0.2, 0.25) is 0 Å². The van der Waals surface area contributed by atoms with Gasteiger partial charge in [-0.05, 0) is 31.5 Å². The second kappa shape index (κ2) is 6.85. The lowest BCUT2D eigenvalue weighted by Gasteiger charge is -2.21. The maximum atomic E-state index is 13.1. The van der Waals surface area contributed by atoms with Crippen LogP contribution in [0, 0.1) is 13.8 Å². The number of hydrogen-bond acceptors (Lipinski definition) is 5. The lowest BCUT2D eigenvalue weighted by atomic mass is 10.1. The molecule has 8 heteroatoms. The first kappa shape index (κ1) is 17.4. The average Bonchev–Trinajstić information content (AvgIpc) is 3.00. The third kappa shape index (κ3) is 3.83. The fourth-order valence-electron chi connectivity index (χ4n) is 2.26. The van der Waals surface area contributed by atoms with Crippen LogP contribution in [-0.4, -0.2) is 18.6 Å². The Morgan fingerprint density at radius 3 is 2.40 bits per heavy atom. The number of hydrogen-bond donors (Lipinski definition) is 0. The van der Waals surface area contributed by atoms with Gasteiger partial charge in [0.15, 0.2) is 5.82 Å². The monoisotopic (exact) mass is 377 g/mol. The van der Waals surface area contributed by atoms with Crippen molar-refractivity contribution >= 4 is 27.4 Å². The van der Waals surface area contributed by atoms with Crippen LogP contribution in [0.3, 0.4) is 0 Å². The Kier molecular flexibility index (Phi) is 4.78. The summed E-state index contributed by atoms with van der Waals surface area (Å²) in [5, 5.41) is 4.09. The van der Waals surface area contributed by atoms with Gasteiger partial charge in [0, 0.05) is 12.3 Å². The van der Waals surface area contributed by atoms with Crippen LogP contribution in [0.15, 0.2) is 58.1 Å². The van der Waals surface area contributed by atoms with E-state index < -0.39 is 10.0 Å². The van der Waals surface area contributed by atoms with Crippen molar-refractivity contribution in [1.82, 2.24) is 10.1 Å². The van der Waals surface area contributed by atoms with Gasteiger partial charge < -0.3 is 4.52 Å². The van der Waals surface area contributed by atoms with Gasteiger partial charge in [-0.25, -0.2) is 17.7 Å². The van der Waals surface area contributed by atoms with Crippen LogP contribution in [0.1, 0.15) is 16.9 Å². The van der Waals surface area contributed by atoms with Crippen molar-refractivity contribution in [1.29, 1.82) is 0 Å². The highest BCUT2D eigenvalue weighted by Gasteiger charge is 2.28. The summed E-state index contributed by atoms with van der Waals surface area (Å²) in [6.07, 6.45) is 1.23. The molecule has 0 N–H and O–H groups in total. The summed E-state index contributed by atoms with van der Waals surface area (Å²) in [6.45, 7) is 3.80. The van der Waals surface area contributed by atoms with Crippen LogP contribution in [0.4, 0.5) is 5.82 Å². The molecule has 0 saturated heterocycles. The van der Waals surface area contributed by atoms with E-state index in [-0.39, 0.29) is 22.4 Å². The van der Waals surface area contributed by atoms with Crippen molar-refractivity contribution in [3.8, 4) is 0 Å². The smallest absolute Gasteiger partial charge is 0.267 e. The van der Waals surface area contributed by atoms with Gasteiger partial charge in [0.1, 0.15) is 15.8 Å². The summed E-state index contributed by atoms with van der Waals surface area (Å²) in [5.74, 6) is 0.737. The molecule has 0 fully saturated rings. The number of rotatable bonds is 5. The maximum Gasteiger partial charge on any atom is 0.267 e. The number of benzene rings is 1. The SMILES string of the molecule is Cc1ccc(CN(c2cc(C)on2)S(=O)(=O)c2ccc(Cl)nc2)cc1. The summed E-state index contributed by atoms with van der Waals surface area (Å²) >= 11 is 5.76. The van der Waals surface area contributed by atoms with E-state index in [2.05, 4.69) is 10.1 Å². The predicted octanol–water partition coefficient (Wildman–Crippen LogP) is 3.74. The molecule has 2 heterocycles. The molecule has 0 unspecified atom stereocenters. The summed E-state index contributed by atoms with van der Waals surface area (Å²) in [6, 6.07) is 12.0. The molecule has 6 nitrogen and oxygen atoms in total. The molecular weight excluding hydrogens is 362 g/mol. The highest BCUT2D eigenvalue weighted by molar-refractivity contribution is 7.92. The molecule has 3 aromatic rings. The molecule has 130 valence electrons. The Labute approximate surface area is 151 Å². The minimum atomic E-state index is -3.88. The Bertz CT molecular complexity index is 967. The number of nitrogens with zero attached hydrogens (tertiary/aromatic N) is 3. The first-order valence-electron chi connectivity index (χ1n) is 7.49. The molecule has 0 saturated carbocycles. The van der Waals surface area contributed by atoms with E-state index in [9.17, 15) is 8.42 Å². The fourth-order valence-corrected chi connectivity index (χ4v) is 3.70. The number of anilines is 1. The van der Waals surface area contributed by atoms with Gasteiger partial charge >= 0.3 is 0 Å². The third-order valence-corrected chi connectivity index (χ3v) is 5.56. The number of pyridine rings is 1. The summed E-state index contributed by atoms with van der Waals surface area (Å²) in [5.41, 5.74) is 1.93. The molecule has 2 aromatic heterocycles. The zero-order chi connectivity index (χ0) is 18.0. The molecule has 0 radical (unpaired) electrons. The molecule has 0 aliphatic heterocycles. The molecule has 0 aliphatic carbocycles. The van der Waals surface area contributed by atoms with Crippen LogP contribution in [-0.2, 0) is 16.6 Å². The van der Waals surface area contributed by atoms with Gasteiger partial charge in [-0.15, -0.1) is 0 Å². The maximum absolute atomic E-state index is 13.1. The van der Waals surface area contributed by atoms with E-state index in [1.54, 1.807) is 13.0 Å². The van der Waals surface area contributed by atoms with Crippen molar-refractivity contribution in [2.45, 2.75) is 25.3 Å². The van der Waals surface area contributed by atoms with E-state index in [4.69, 9.17) is 16.1 Å². The quantitative estimate of drug-likeness (QED) is 0.633. The van der Waals surface area contributed by atoms with E-state index >= 15 is 0 Å². The lowest BCUT2D eigenvalue weighted by Crippen LogP contribution is -2.31. The van der Waals surface area contributed by atoms with Crippen LogP contribution in [0.25, 0.3) is 0 Å². The largest absolute Gasteiger partial charge is 0.360 e. The number of halogens is 1. The number of sulfonamides is 1. The number of aromatic nitrogens is 2. The molecule has 0 bridgehead atoms. The summed E-state index contributed by atoms with van der Waals surface area (Å²) in [4.78, 5) is 3.89. The van der Waals surface area contributed by atoms with Gasteiger partial charge in [0.05, 0.1) is 6.54 Å². The summed E-state index contributed by atoms with van der Waals surface area (Å²) in [7, 11) is -3.88. The predicted molar refractivity (Wildman–Crippen MR) is 95.0 cm³/mol. The fraction of sp³-hybridized carbons (Fsp3) is 0.176. The van der Waals surface area contributed by atoms with E-state index in [0.717, 1.165) is 11.1 Å². The minimum Gasteiger partial charge on any atom is -0.360 e. The van der Waals surface area contributed by atoms with Gasteiger partial charge in [-0.2, -0.15) is 0 Å². The molecule has 25 heavy (non-hydrogen) atoms. The molecule has 1 aromatic carbocycles. The van der Waals surface area contributed by atoms with Crippen LogP contribution in [0.5, 0.6) is 0 Å². The van der Waals surface area contributed by atoms with Crippen LogP contribution in [0.2, 0.25) is 5.15 Å².